The van der Waals surface area contributed by atoms with Crippen molar-refractivity contribution in [3.63, 3.8) is 0 Å². The summed E-state index contributed by atoms with van der Waals surface area (Å²) < 4.78 is 18.7. The molecule has 2 aromatic carbocycles. The van der Waals surface area contributed by atoms with Gasteiger partial charge in [0.05, 0.1) is 13.2 Å². The van der Waals surface area contributed by atoms with Crippen LogP contribution in [0.15, 0.2) is 48.7 Å². The lowest BCUT2D eigenvalue weighted by Gasteiger charge is -2.15. The predicted octanol–water partition coefficient (Wildman–Crippen LogP) is 4.52. The zero-order valence-corrected chi connectivity index (χ0v) is 15.0. The van der Waals surface area contributed by atoms with Gasteiger partial charge in [0.2, 0.25) is 5.91 Å². The van der Waals surface area contributed by atoms with Crippen LogP contribution < -0.4 is 10.1 Å². The first kappa shape index (κ1) is 18.0. The van der Waals surface area contributed by atoms with E-state index in [1.807, 2.05) is 31.3 Å². The van der Waals surface area contributed by atoms with Gasteiger partial charge >= 0.3 is 0 Å². The highest BCUT2D eigenvalue weighted by Crippen LogP contribution is 2.22. The lowest BCUT2D eigenvalue weighted by molar-refractivity contribution is -0.121. The van der Waals surface area contributed by atoms with Crippen LogP contribution in [0.2, 0.25) is 0 Å². The minimum atomic E-state index is -0.426. The summed E-state index contributed by atoms with van der Waals surface area (Å²) in [5.41, 5.74) is 3.05. The molecule has 0 spiro atoms. The maximum atomic E-state index is 13.8. The van der Waals surface area contributed by atoms with Crippen molar-refractivity contribution in [1.82, 2.24) is 10.3 Å². The fourth-order valence-electron chi connectivity index (χ4n) is 3.13. The number of aromatic amines is 1. The average Bonchev–Trinajstić information content (AvgIpc) is 3.05. The van der Waals surface area contributed by atoms with Gasteiger partial charge in [-0.05, 0) is 49.1 Å². The number of halogens is 1. The number of carbonyl (C=O) groups is 1. The first-order chi connectivity index (χ1) is 12.6. The van der Waals surface area contributed by atoms with Gasteiger partial charge in [0, 0.05) is 23.5 Å². The van der Waals surface area contributed by atoms with E-state index < -0.39 is 5.82 Å². The highest BCUT2D eigenvalue weighted by molar-refractivity contribution is 5.83. The molecule has 0 bridgehead atoms. The number of para-hydroxylation sites is 1. The molecule has 0 fully saturated rings. The topological polar surface area (TPSA) is 54.1 Å². The minimum Gasteiger partial charge on any atom is -0.494 e. The molecular weight excluding hydrogens is 331 g/mol. The molecule has 0 aliphatic heterocycles. The second-order valence-corrected chi connectivity index (χ2v) is 6.40. The Balaban J connectivity index is 1.51. The lowest BCUT2D eigenvalue weighted by Crippen LogP contribution is -2.26. The number of hydrogen-bond donors (Lipinski definition) is 2. The van der Waals surface area contributed by atoms with E-state index >= 15 is 0 Å². The van der Waals surface area contributed by atoms with Crippen molar-refractivity contribution in [3.05, 3.63) is 65.6 Å². The standard InChI is InChI=1S/C21H23FN2O2/c1-14(15-10-11-20(26-2)18(22)12-15)24-21(25)9-5-6-16-13-23-19-8-4-3-7-17(16)19/h3-4,7-8,10-14,23H,5-6,9H2,1-2H3,(H,24,25). The Labute approximate surface area is 152 Å². The average molecular weight is 354 g/mol. The Kier molecular flexibility index (Phi) is 5.56. The zero-order chi connectivity index (χ0) is 18.5. The minimum absolute atomic E-state index is 0.0337. The second kappa shape index (κ2) is 8.04. The van der Waals surface area contributed by atoms with Crippen LogP contribution in [0, 0.1) is 5.82 Å². The molecule has 1 atom stereocenters. The van der Waals surface area contributed by atoms with E-state index in [1.54, 1.807) is 12.1 Å². The third-order valence-corrected chi connectivity index (χ3v) is 4.58. The first-order valence-corrected chi connectivity index (χ1v) is 8.76. The highest BCUT2D eigenvalue weighted by Gasteiger charge is 2.12. The van der Waals surface area contributed by atoms with Gasteiger partial charge in [0.25, 0.3) is 0 Å². The van der Waals surface area contributed by atoms with Crippen molar-refractivity contribution in [3.8, 4) is 5.75 Å². The molecule has 1 aromatic heterocycles. The third-order valence-electron chi connectivity index (χ3n) is 4.58. The van der Waals surface area contributed by atoms with E-state index in [0.717, 1.165) is 18.4 Å². The molecular formula is C21H23FN2O2. The Morgan fingerprint density at radius 2 is 2.08 bits per heavy atom. The molecule has 1 unspecified atom stereocenters. The quantitative estimate of drug-likeness (QED) is 0.656. The summed E-state index contributed by atoms with van der Waals surface area (Å²) in [7, 11) is 1.43. The summed E-state index contributed by atoms with van der Waals surface area (Å²) in [6, 6.07) is 12.6. The smallest absolute Gasteiger partial charge is 0.220 e. The molecule has 3 rings (SSSR count). The molecule has 0 saturated heterocycles. The van der Waals surface area contributed by atoms with Crippen LogP contribution in [0.1, 0.15) is 36.9 Å². The van der Waals surface area contributed by atoms with E-state index in [-0.39, 0.29) is 17.7 Å². The lowest BCUT2D eigenvalue weighted by atomic mass is 10.1. The van der Waals surface area contributed by atoms with Crippen molar-refractivity contribution in [2.24, 2.45) is 0 Å². The molecule has 5 heteroatoms. The first-order valence-electron chi connectivity index (χ1n) is 8.76. The van der Waals surface area contributed by atoms with Crippen LogP contribution >= 0.6 is 0 Å². The number of rotatable bonds is 7. The van der Waals surface area contributed by atoms with Gasteiger partial charge < -0.3 is 15.0 Å². The van der Waals surface area contributed by atoms with Gasteiger partial charge in [-0.3, -0.25) is 4.79 Å². The third kappa shape index (κ3) is 4.04. The molecule has 0 aliphatic carbocycles. The SMILES string of the molecule is COc1ccc(C(C)NC(=O)CCCc2c[nH]c3ccccc23)cc1F. The van der Waals surface area contributed by atoms with Crippen LogP contribution in [0.4, 0.5) is 4.39 Å². The number of H-pyrrole nitrogens is 1. The van der Waals surface area contributed by atoms with Gasteiger partial charge in [0.15, 0.2) is 11.6 Å². The molecule has 4 nitrogen and oxygen atoms in total. The number of carbonyl (C=O) groups excluding carboxylic acids is 1. The Bertz CT molecular complexity index is 904. The predicted molar refractivity (Wildman–Crippen MR) is 101 cm³/mol. The number of methoxy groups -OCH3 is 1. The summed E-state index contributed by atoms with van der Waals surface area (Å²) in [4.78, 5) is 15.4. The Morgan fingerprint density at radius 3 is 2.85 bits per heavy atom. The molecule has 0 aliphatic rings. The van der Waals surface area contributed by atoms with E-state index in [4.69, 9.17) is 4.74 Å². The fourth-order valence-corrected chi connectivity index (χ4v) is 3.13. The van der Waals surface area contributed by atoms with E-state index in [9.17, 15) is 9.18 Å². The van der Waals surface area contributed by atoms with Crippen molar-refractivity contribution in [2.45, 2.75) is 32.2 Å². The van der Waals surface area contributed by atoms with Crippen molar-refractivity contribution < 1.29 is 13.9 Å². The van der Waals surface area contributed by atoms with Crippen molar-refractivity contribution >= 4 is 16.8 Å². The number of fused-ring (bicyclic) bond motifs is 1. The van der Waals surface area contributed by atoms with Gasteiger partial charge in [-0.15, -0.1) is 0 Å². The molecule has 136 valence electrons. The van der Waals surface area contributed by atoms with Crippen LogP contribution in [0.3, 0.4) is 0 Å². The molecule has 1 amide bonds. The summed E-state index contributed by atoms with van der Waals surface area (Å²) in [6.45, 7) is 1.85. The number of aromatic nitrogens is 1. The van der Waals surface area contributed by atoms with Crippen LogP contribution in [-0.4, -0.2) is 18.0 Å². The summed E-state index contributed by atoms with van der Waals surface area (Å²) in [5, 5.41) is 4.13. The van der Waals surface area contributed by atoms with Gasteiger partial charge in [-0.2, -0.15) is 0 Å². The number of amides is 1. The summed E-state index contributed by atoms with van der Waals surface area (Å²) in [6.07, 6.45) is 4.04. The maximum absolute atomic E-state index is 13.8. The number of ether oxygens (including phenoxy) is 1. The van der Waals surface area contributed by atoms with E-state index in [0.29, 0.717) is 12.0 Å². The summed E-state index contributed by atoms with van der Waals surface area (Å²) in [5.74, 6) is -0.259. The van der Waals surface area contributed by atoms with Gasteiger partial charge in [-0.25, -0.2) is 4.39 Å². The Morgan fingerprint density at radius 1 is 1.27 bits per heavy atom. The second-order valence-electron chi connectivity index (χ2n) is 6.40. The monoisotopic (exact) mass is 354 g/mol. The molecule has 26 heavy (non-hydrogen) atoms. The number of benzene rings is 2. The maximum Gasteiger partial charge on any atom is 0.220 e. The van der Waals surface area contributed by atoms with Crippen LogP contribution in [-0.2, 0) is 11.2 Å². The fraction of sp³-hybridized carbons (Fsp3) is 0.286. The largest absolute Gasteiger partial charge is 0.494 e. The van der Waals surface area contributed by atoms with Crippen LogP contribution in [0.5, 0.6) is 5.75 Å². The normalized spacial score (nSPS) is 12.1. The number of hydrogen-bond acceptors (Lipinski definition) is 2. The summed E-state index contributed by atoms with van der Waals surface area (Å²) >= 11 is 0. The molecule has 1 heterocycles. The number of aryl methyl sites for hydroxylation is 1. The van der Waals surface area contributed by atoms with Crippen LogP contribution in [0.25, 0.3) is 10.9 Å². The van der Waals surface area contributed by atoms with E-state index in [1.165, 1.54) is 24.1 Å². The Hall–Kier alpha value is -2.82. The zero-order valence-electron chi connectivity index (χ0n) is 15.0. The van der Waals surface area contributed by atoms with Gasteiger partial charge in [0.1, 0.15) is 0 Å². The molecule has 3 aromatic rings. The van der Waals surface area contributed by atoms with E-state index in [2.05, 4.69) is 16.4 Å². The molecule has 2 N–H and O–H groups in total. The number of nitrogens with one attached hydrogen (secondary N) is 2. The van der Waals surface area contributed by atoms with Crippen molar-refractivity contribution in [1.29, 1.82) is 0 Å². The van der Waals surface area contributed by atoms with Crippen molar-refractivity contribution in [2.75, 3.05) is 7.11 Å². The molecule has 0 saturated carbocycles. The molecule has 0 radical (unpaired) electrons. The van der Waals surface area contributed by atoms with Gasteiger partial charge in [-0.1, -0.05) is 24.3 Å². The highest BCUT2D eigenvalue weighted by atomic mass is 19.1.